The fraction of sp³-hybridized carbons (Fsp3) is 0.133. The number of nitrogens with one attached hydrogen (secondary N) is 2. The Bertz CT molecular complexity index is 1680. The zero-order valence-corrected chi connectivity index (χ0v) is 24.2. The van der Waals surface area contributed by atoms with E-state index in [1.54, 1.807) is 36.4 Å². The van der Waals surface area contributed by atoms with Crippen molar-refractivity contribution in [2.24, 2.45) is 0 Å². The quantitative estimate of drug-likeness (QED) is 0.199. The van der Waals surface area contributed by atoms with Crippen molar-refractivity contribution in [2.45, 2.75) is 24.9 Å². The number of urea groups is 1. The number of carbonyl (C=O) groups is 2. The highest BCUT2D eigenvalue weighted by Gasteiger charge is 2.23. The summed E-state index contributed by atoms with van der Waals surface area (Å²) in [4.78, 5) is 26.1. The smallest absolute Gasteiger partial charge is 0.339 e. The van der Waals surface area contributed by atoms with Gasteiger partial charge in [-0.25, -0.2) is 9.18 Å². The Kier molecular flexibility index (Phi) is 9.66. The van der Waals surface area contributed by atoms with Gasteiger partial charge >= 0.3 is 16.1 Å². The molecule has 0 saturated carbocycles. The zero-order valence-electron chi connectivity index (χ0n) is 22.6. The van der Waals surface area contributed by atoms with Gasteiger partial charge in [0.05, 0.1) is 19.3 Å². The van der Waals surface area contributed by atoms with Crippen LogP contribution >= 0.6 is 11.6 Å². The molecular weight excluding hydrogens is 585 g/mol. The third-order valence-corrected chi connectivity index (χ3v) is 7.45. The summed E-state index contributed by atoms with van der Waals surface area (Å²) < 4.78 is 50.7. The van der Waals surface area contributed by atoms with Crippen LogP contribution in [0.5, 0.6) is 11.5 Å². The zero-order chi connectivity index (χ0) is 30.3. The van der Waals surface area contributed by atoms with Crippen LogP contribution in [0.1, 0.15) is 18.1 Å². The molecule has 0 aliphatic heterocycles. The summed E-state index contributed by atoms with van der Waals surface area (Å²) in [5.74, 6) is -0.327. The minimum atomic E-state index is -4.30. The van der Waals surface area contributed by atoms with E-state index in [2.05, 4.69) is 10.6 Å². The summed E-state index contributed by atoms with van der Waals surface area (Å²) in [7, 11) is -2.83. The molecule has 0 bridgehead atoms. The third kappa shape index (κ3) is 7.99. The maximum Gasteiger partial charge on any atom is 0.339 e. The van der Waals surface area contributed by atoms with Gasteiger partial charge in [-0.1, -0.05) is 35.9 Å². The lowest BCUT2D eigenvalue weighted by molar-refractivity contribution is -0.114. The van der Waals surface area contributed by atoms with Gasteiger partial charge in [-0.05, 0) is 72.3 Å². The molecule has 0 aliphatic rings. The number of halogens is 2. The van der Waals surface area contributed by atoms with E-state index in [0.29, 0.717) is 33.3 Å². The van der Waals surface area contributed by atoms with Crippen LogP contribution in [0.15, 0.2) is 95.9 Å². The number of benzene rings is 4. The number of rotatable bonds is 10. The molecule has 4 aromatic rings. The normalized spacial score (nSPS) is 11.0. The van der Waals surface area contributed by atoms with E-state index in [0.717, 1.165) is 0 Å². The van der Waals surface area contributed by atoms with Crippen molar-refractivity contribution in [1.29, 1.82) is 0 Å². The van der Waals surface area contributed by atoms with Crippen LogP contribution in [0.2, 0.25) is 5.02 Å². The Labute approximate surface area is 248 Å². The molecule has 4 rings (SSSR count). The maximum absolute atomic E-state index is 13.6. The molecule has 2 N–H and O–H groups in total. The fourth-order valence-corrected chi connectivity index (χ4v) is 5.14. The predicted molar refractivity (Wildman–Crippen MR) is 158 cm³/mol. The average molecular weight is 612 g/mol. The van der Waals surface area contributed by atoms with Gasteiger partial charge < -0.3 is 24.5 Å². The first-order valence-corrected chi connectivity index (χ1v) is 14.4. The molecule has 0 heterocycles. The fourth-order valence-electron chi connectivity index (χ4n) is 3.98. The van der Waals surface area contributed by atoms with Gasteiger partial charge in [0.25, 0.3) is 0 Å². The number of anilines is 2. The third-order valence-electron chi connectivity index (χ3n) is 5.97. The molecule has 9 nitrogen and oxygen atoms in total. The van der Waals surface area contributed by atoms with Crippen molar-refractivity contribution in [2.75, 3.05) is 17.7 Å². The summed E-state index contributed by atoms with van der Waals surface area (Å²) in [6.45, 7) is 1.27. The van der Waals surface area contributed by atoms with Crippen LogP contribution < -0.4 is 19.6 Å². The van der Waals surface area contributed by atoms with Gasteiger partial charge in [0, 0.05) is 29.7 Å². The van der Waals surface area contributed by atoms with Crippen LogP contribution in [-0.4, -0.2) is 32.4 Å². The molecule has 4 aromatic carbocycles. The van der Waals surface area contributed by atoms with E-state index in [9.17, 15) is 22.4 Å². The maximum atomic E-state index is 13.6. The highest BCUT2D eigenvalue weighted by molar-refractivity contribution is 7.87. The van der Waals surface area contributed by atoms with Crippen LogP contribution in [-0.2, 0) is 28.0 Å². The van der Waals surface area contributed by atoms with Crippen molar-refractivity contribution < 1.29 is 31.3 Å². The number of carbonyl (C=O) groups excluding carboxylic acids is 2. The van der Waals surface area contributed by atoms with Gasteiger partial charge in [-0.15, -0.1) is 0 Å². The number of para-hydroxylation sites is 2. The van der Waals surface area contributed by atoms with Gasteiger partial charge in [-0.2, -0.15) is 8.42 Å². The average Bonchev–Trinajstić information content (AvgIpc) is 2.95. The van der Waals surface area contributed by atoms with Crippen LogP contribution in [0.25, 0.3) is 0 Å². The van der Waals surface area contributed by atoms with Crippen LogP contribution in [0, 0.1) is 5.82 Å². The van der Waals surface area contributed by atoms with Crippen LogP contribution in [0.3, 0.4) is 0 Å². The van der Waals surface area contributed by atoms with E-state index in [1.165, 1.54) is 73.5 Å². The van der Waals surface area contributed by atoms with Crippen molar-refractivity contribution in [3.63, 3.8) is 0 Å². The number of ether oxygens (including phenoxy) is 1. The molecule has 218 valence electrons. The number of hydrogen-bond donors (Lipinski definition) is 2. The summed E-state index contributed by atoms with van der Waals surface area (Å²) in [5, 5.41) is 5.67. The monoisotopic (exact) mass is 611 g/mol. The second-order valence-corrected chi connectivity index (χ2v) is 11.1. The largest absolute Gasteiger partial charge is 0.495 e. The first kappa shape index (κ1) is 30.4. The van der Waals surface area contributed by atoms with Crippen LogP contribution in [0.4, 0.5) is 20.6 Å². The number of methoxy groups -OCH3 is 1. The van der Waals surface area contributed by atoms with E-state index in [4.69, 9.17) is 20.5 Å². The van der Waals surface area contributed by atoms with Crippen molar-refractivity contribution in [3.05, 3.63) is 113 Å². The second kappa shape index (κ2) is 13.4. The molecule has 0 aromatic heterocycles. The Morgan fingerprint density at radius 2 is 1.57 bits per heavy atom. The Morgan fingerprint density at radius 1 is 0.881 bits per heavy atom. The highest BCUT2D eigenvalue weighted by Crippen LogP contribution is 2.30. The van der Waals surface area contributed by atoms with E-state index < -0.39 is 22.0 Å². The van der Waals surface area contributed by atoms with E-state index in [1.807, 2.05) is 0 Å². The van der Waals surface area contributed by atoms with Gasteiger partial charge in [0.15, 0.2) is 0 Å². The predicted octanol–water partition coefficient (Wildman–Crippen LogP) is 6.45. The number of amides is 3. The minimum absolute atomic E-state index is 0.0421. The lowest BCUT2D eigenvalue weighted by Crippen LogP contribution is -2.34. The van der Waals surface area contributed by atoms with Gasteiger partial charge in [0.1, 0.15) is 22.2 Å². The molecule has 12 heteroatoms. The Morgan fingerprint density at radius 3 is 2.24 bits per heavy atom. The van der Waals surface area contributed by atoms with Crippen molar-refractivity contribution in [3.8, 4) is 11.5 Å². The van der Waals surface area contributed by atoms with Gasteiger partial charge in [-0.3, -0.25) is 4.79 Å². The molecule has 3 amide bonds. The Hall–Kier alpha value is -4.61. The number of nitrogens with zero attached hydrogens (tertiary/aromatic N) is 1. The van der Waals surface area contributed by atoms with Gasteiger partial charge in [0.2, 0.25) is 5.91 Å². The second-order valence-electron chi connectivity index (χ2n) is 9.11. The first-order chi connectivity index (χ1) is 20.0. The summed E-state index contributed by atoms with van der Waals surface area (Å²) >= 11 is 6.26. The summed E-state index contributed by atoms with van der Waals surface area (Å²) in [5.41, 5.74) is 1.77. The lowest BCUT2D eigenvalue weighted by Gasteiger charge is -2.25. The Balaban J connectivity index is 1.64. The number of hydrogen-bond acceptors (Lipinski definition) is 6. The highest BCUT2D eigenvalue weighted by atomic mass is 35.5. The molecular formula is C30H27ClFN3O6S. The molecule has 0 aliphatic carbocycles. The summed E-state index contributed by atoms with van der Waals surface area (Å²) in [6.07, 6.45) is 0. The van der Waals surface area contributed by atoms with E-state index >= 15 is 0 Å². The van der Waals surface area contributed by atoms with Crippen molar-refractivity contribution in [1.82, 2.24) is 4.90 Å². The van der Waals surface area contributed by atoms with Crippen molar-refractivity contribution >= 4 is 45.0 Å². The summed E-state index contributed by atoms with van der Waals surface area (Å²) in [6, 6.07) is 21.8. The molecule has 0 spiro atoms. The molecule has 0 atom stereocenters. The first-order valence-electron chi connectivity index (χ1n) is 12.6. The lowest BCUT2D eigenvalue weighted by atomic mass is 10.1. The standard InChI is InChI=1S/C30H27ClFN3O6S/c1-20(36)33-25-12-14-26(15-13-25)42(38,39)41-28-16-9-23(31)17-22(28)19-35(18-21-7-10-24(32)11-8-21)30(37)34-27-5-3-4-6-29(27)40-2/h3-17H,18-19H2,1-2H3,(H,33,36)(H,34,37). The molecule has 0 unspecified atom stereocenters. The molecule has 0 fully saturated rings. The topological polar surface area (TPSA) is 114 Å². The minimum Gasteiger partial charge on any atom is -0.495 e. The molecule has 0 radical (unpaired) electrons. The molecule has 0 saturated heterocycles. The molecule has 42 heavy (non-hydrogen) atoms. The van der Waals surface area contributed by atoms with E-state index in [-0.39, 0.29) is 29.6 Å². The SMILES string of the molecule is COc1ccccc1NC(=O)N(Cc1ccc(F)cc1)Cc1cc(Cl)ccc1OS(=O)(=O)c1ccc(NC(C)=O)cc1.